The number of likely N-dealkylation sites (N-methyl/N-ethyl adjacent to an activating group) is 2. The minimum absolute atomic E-state index is 0.202. The summed E-state index contributed by atoms with van der Waals surface area (Å²) in [7, 11) is 4.13. The molecule has 0 aliphatic carbocycles. The molecular weight excluding hydrogens is 228 g/mol. The van der Waals surface area contributed by atoms with Crippen LogP contribution in [0.1, 0.15) is 24.9 Å². The number of aryl methyl sites for hydroxylation is 1. The minimum atomic E-state index is 0.202. The molecule has 0 amide bonds. The van der Waals surface area contributed by atoms with Crippen molar-refractivity contribution < 1.29 is 4.74 Å². The Hall–Kier alpha value is -0.910. The van der Waals surface area contributed by atoms with Crippen LogP contribution < -0.4 is 5.32 Å². The maximum atomic E-state index is 5.88. The molecule has 2 rings (SSSR count). The lowest BCUT2D eigenvalue weighted by atomic mass is 10.0. The van der Waals surface area contributed by atoms with Crippen molar-refractivity contribution in [2.24, 2.45) is 0 Å². The molecule has 0 aromatic carbocycles. The second-order valence-corrected chi connectivity index (χ2v) is 4.97. The van der Waals surface area contributed by atoms with Gasteiger partial charge in [-0.05, 0) is 20.5 Å². The van der Waals surface area contributed by atoms with Gasteiger partial charge in [-0.1, -0.05) is 6.92 Å². The molecule has 1 aromatic heterocycles. The van der Waals surface area contributed by atoms with Gasteiger partial charge in [0.25, 0.3) is 0 Å². The Balaban J connectivity index is 2.06. The molecule has 0 spiro atoms. The van der Waals surface area contributed by atoms with Gasteiger partial charge in [0.05, 0.1) is 24.9 Å². The van der Waals surface area contributed by atoms with Crippen LogP contribution in [0.2, 0.25) is 0 Å². The molecule has 0 radical (unpaired) electrons. The third-order valence-corrected chi connectivity index (χ3v) is 3.44. The van der Waals surface area contributed by atoms with Crippen molar-refractivity contribution in [1.82, 2.24) is 20.0 Å². The number of ether oxygens (including phenoxy) is 1. The maximum absolute atomic E-state index is 5.88. The number of hydrogen-bond donors (Lipinski definition) is 1. The standard InChI is InChI=1S/C13H24N4O/c1-4-5-17-9-11(8-15-17)13(14-2)12-10-16(3)6-7-18-12/h8-9,12-14H,4-7,10H2,1-3H3. The van der Waals surface area contributed by atoms with Crippen LogP contribution in [0.25, 0.3) is 0 Å². The van der Waals surface area contributed by atoms with E-state index in [4.69, 9.17) is 4.74 Å². The van der Waals surface area contributed by atoms with Crippen LogP contribution in [0.4, 0.5) is 0 Å². The average molecular weight is 252 g/mol. The minimum Gasteiger partial charge on any atom is -0.374 e. The van der Waals surface area contributed by atoms with Crippen molar-refractivity contribution >= 4 is 0 Å². The number of nitrogens with zero attached hydrogens (tertiary/aromatic N) is 3. The first-order valence-corrected chi connectivity index (χ1v) is 6.74. The fourth-order valence-corrected chi connectivity index (χ4v) is 2.47. The molecule has 18 heavy (non-hydrogen) atoms. The highest BCUT2D eigenvalue weighted by molar-refractivity contribution is 5.13. The number of nitrogens with one attached hydrogen (secondary N) is 1. The first-order chi connectivity index (χ1) is 8.74. The number of aromatic nitrogens is 2. The predicted octanol–water partition coefficient (Wildman–Crippen LogP) is 0.884. The molecule has 0 saturated carbocycles. The van der Waals surface area contributed by atoms with Gasteiger partial charge >= 0.3 is 0 Å². The number of rotatable bonds is 5. The molecule has 2 atom stereocenters. The van der Waals surface area contributed by atoms with E-state index in [1.54, 1.807) is 0 Å². The van der Waals surface area contributed by atoms with Crippen molar-refractivity contribution in [3.63, 3.8) is 0 Å². The van der Waals surface area contributed by atoms with E-state index in [9.17, 15) is 0 Å². The van der Waals surface area contributed by atoms with Crippen LogP contribution in [0.5, 0.6) is 0 Å². The van der Waals surface area contributed by atoms with Crippen LogP contribution >= 0.6 is 0 Å². The molecular formula is C13H24N4O. The van der Waals surface area contributed by atoms with Gasteiger partial charge < -0.3 is 15.0 Å². The van der Waals surface area contributed by atoms with E-state index in [2.05, 4.69) is 35.5 Å². The quantitative estimate of drug-likeness (QED) is 0.845. The Bertz CT molecular complexity index is 366. The highest BCUT2D eigenvalue weighted by Crippen LogP contribution is 2.21. The molecule has 2 unspecified atom stereocenters. The lowest BCUT2D eigenvalue weighted by Gasteiger charge is -2.34. The van der Waals surface area contributed by atoms with E-state index in [0.717, 1.165) is 32.7 Å². The second kappa shape index (κ2) is 6.31. The van der Waals surface area contributed by atoms with Gasteiger partial charge in [0.2, 0.25) is 0 Å². The molecule has 5 heteroatoms. The van der Waals surface area contributed by atoms with E-state index >= 15 is 0 Å². The predicted molar refractivity (Wildman–Crippen MR) is 71.6 cm³/mol. The van der Waals surface area contributed by atoms with E-state index in [1.807, 2.05) is 17.9 Å². The van der Waals surface area contributed by atoms with Gasteiger partial charge in [-0.2, -0.15) is 5.10 Å². The normalized spacial score (nSPS) is 23.2. The number of hydrogen-bond acceptors (Lipinski definition) is 4. The monoisotopic (exact) mass is 252 g/mol. The summed E-state index contributed by atoms with van der Waals surface area (Å²) in [5, 5.41) is 7.76. The van der Waals surface area contributed by atoms with Crippen molar-refractivity contribution in [3.05, 3.63) is 18.0 Å². The molecule has 0 bridgehead atoms. The number of morpholine rings is 1. The van der Waals surface area contributed by atoms with Gasteiger partial charge in [-0.25, -0.2) is 0 Å². The molecule has 5 nitrogen and oxygen atoms in total. The summed E-state index contributed by atoms with van der Waals surface area (Å²) >= 11 is 0. The Morgan fingerprint density at radius 3 is 3.11 bits per heavy atom. The fraction of sp³-hybridized carbons (Fsp3) is 0.769. The molecule has 102 valence electrons. The summed E-state index contributed by atoms with van der Waals surface area (Å²) in [6.45, 7) is 5.92. The van der Waals surface area contributed by atoms with E-state index in [1.165, 1.54) is 5.56 Å². The fourth-order valence-electron chi connectivity index (χ4n) is 2.47. The second-order valence-electron chi connectivity index (χ2n) is 4.97. The summed E-state index contributed by atoms with van der Waals surface area (Å²) in [6, 6.07) is 0.221. The van der Waals surface area contributed by atoms with Crippen molar-refractivity contribution in [2.45, 2.75) is 32.0 Å². The highest BCUT2D eigenvalue weighted by Gasteiger charge is 2.27. The van der Waals surface area contributed by atoms with E-state index < -0.39 is 0 Å². The summed E-state index contributed by atoms with van der Waals surface area (Å²) in [6.07, 6.45) is 5.39. The zero-order chi connectivity index (χ0) is 13.0. The largest absolute Gasteiger partial charge is 0.374 e. The SMILES string of the molecule is CCCn1cc(C(NC)C2CN(C)CCO2)cn1. The van der Waals surface area contributed by atoms with Crippen molar-refractivity contribution in [1.29, 1.82) is 0 Å². The maximum Gasteiger partial charge on any atom is 0.0897 e. The molecule has 1 N–H and O–H groups in total. The molecule has 1 aliphatic heterocycles. The van der Waals surface area contributed by atoms with Crippen LogP contribution in [0, 0.1) is 0 Å². The topological polar surface area (TPSA) is 42.3 Å². The first kappa shape index (κ1) is 13.5. The Labute approximate surface area is 109 Å². The molecule has 1 saturated heterocycles. The third kappa shape index (κ3) is 3.10. The zero-order valence-corrected chi connectivity index (χ0v) is 11.6. The van der Waals surface area contributed by atoms with Crippen LogP contribution in [-0.2, 0) is 11.3 Å². The van der Waals surface area contributed by atoms with Crippen LogP contribution in [0.15, 0.2) is 12.4 Å². The Kier molecular flexibility index (Phi) is 4.74. The van der Waals surface area contributed by atoms with Gasteiger partial charge in [-0.3, -0.25) is 4.68 Å². The summed E-state index contributed by atoms with van der Waals surface area (Å²) in [5.41, 5.74) is 1.21. The third-order valence-electron chi connectivity index (χ3n) is 3.44. The molecule has 1 fully saturated rings. The lowest BCUT2D eigenvalue weighted by Crippen LogP contribution is -2.46. The zero-order valence-electron chi connectivity index (χ0n) is 11.6. The van der Waals surface area contributed by atoms with Gasteiger partial charge in [0, 0.05) is 31.4 Å². The molecule has 1 aromatic rings. The van der Waals surface area contributed by atoms with Crippen LogP contribution in [0.3, 0.4) is 0 Å². The Morgan fingerprint density at radius 1 is 1.61 bits per heavy atom. The van der Waals surface area contributed by atoms with Crippen LogP contribution in [-0.4, -0.2) is 54.6 Å². The Morgan fingerprint density at radius 2 is 2.44 bits per heavy atom. The summed E-state index contributed by atoms with van der Waals surface area (Å²) < 4.78 is 7.89. The highest BCUT2D eigenvalue weighted by atomic mass is 16.5. The molecule has 2 heterocycles. The van der Waals surface area contributed by atoms with E-state index in [0.29, 0.717) is 0 Å². The average Bonchev–Trinajstić information content (AvgIpc) is 2.79. The van der Waals surface area contributed by atoms with E-state index in [-0.39, 0.29) is 12.1 Å². The van der Waals surface area contributed by atoms with Gasteiger partial charge in [0.1, 0.15) is 0 Å². The van der Waals surface area contributed by atoms with Gasteiger partial charge in [0.15, 0.2) is 0 Å². The van der Waals surface area contributed by atoms with Crippen molar-refractivity contribution in [2.75, 3.05) is 33.8 Å². The van der Waals surface area contributed by atoms with Crippen molar-refractivity contribution in [3.8, 4) is 0 Å². The smallest absolute Gasteiger partial charge is 0.0897 e. The molecule has 1 aliphatic rings. The first-order valence-electron chi connectivity index (χ1n) is 6.74. The van der Waals surface area contributed by atoms with Gasteiger partial charge in [-0.15, -0.1) is 0 Å². The summed E-state index contributed by atoms with van der Waals surface area (Å²) in [4.78, 5) is 2.31. The lowest BCUT2D eigenvalue weighted by molar-refractivity contribution is -0.0380. The summed E-state index contributed by atoms with van der Waals surface area (Å²) in [5.74, 6) is 0.